The molecule has 0 amide bonds. The van der Waals surface area contributed by atoms with Crippen molar-refractivity contribution < 1.29 is 9.47 Å². The van der Waals surface area contributed by atoms with E-state index in [0.717, 1.165) is 28.4 Å². The number of aryl methyl sites for hydroxylation is 1. The van der Waals surface area contributed by atoms with Crippen LogP contribution >= 0.6 is 0 Å². The molecule has 0 spiro atoms. The molecule has 1 aromatic heterocycles. The molecule has 0 saturated carbocycles. The zero-order valence-electron chi connectivity index (χ0n) is 21.3. The van der Waals surface area contributed by atoms with Gasteiger partial charge in [0.15, 0.2) is 0 Å². The van der Waals surface area contributed by atoms with Gasteiger partial charge in [0.25, 0.3) is 0 Å². The van der Waals surface area contributed by atoms with Gasteiger partial charge in [-0.25, -0.2) is 4.98 Å². The van der Waals surface area contributed by atoms with Gasteiger partial charge in [0, 0.05) is 0 Å². The van der Waals surface area contributed by atoms with Gasteiger partial charge in [0.1, 0.15) is 30.5 Å². The quantitative estimate of drug-likeness (QED) is 0.277. The van der Waals surface area contributed by atoms with E-state index in [-0.39, 0.29) is 5.41 Å². The summed E-state index contributed by atoms with van der Waals surface area (Å²) in [6, 6.07) is 23.0. The van der Waals surface area contributed by atoms with Crippen LogP contribution in [0.25, 0.3) is 11.0 Å². The fourth-order valence-electron chi connectivity index (χ4n) is 4.17. The number of nitrogens with zero attached hydrogens (tertiary/aromatic N) is 2. The Morgan fingerprint density at radius 2 is 1.65 bits per heavy atom. The highest BCUT2D eigenvalue weighted by atomic mass is 16.5. The third-order valence-electron chi connectivity index (χ3n) is 6.19. The minimum absolute atomic E-state index is 0.124. The van der Waals surface area contributed by atoms with E-state index in [2.05, 4.69) is 88.6 Å². The van der Waals surface area contributed by atoms with E-state index in [1.165, 1.54) is 16.7 Å². The maximum Gasteiger partial charge on any atom is 0.148 e. The molecule has 3 aromatic carbocycles. The molecule has 0 atom stereocenters. The van der Waals surface area contributed by atoms with E-state index >= 15 is 0 Å². The third-order valence-corrected chi connectivity index (χ3v) is 6.19. The van der Waals surface area contributed by atoms with Gasteiger partial charge in [-0.05, 0) is 65.3 Å². The summed E-state index contributed by atoms with van der Waals surface area (Å²) in [4.78, 5) is 4.85. The Labute approximate surface area is 203 Å². The number of aromatic nitrogens is 2. The zero-order chi connectivity index (χ0) is 24.3. The van der Waals surface area contributed by atoms with Crippen LogP contribution in [0.2, 0.25) is 0 Å². The van der Waals surface area contributed by atoms with Crippen molar-refractivity contribution in [1.29, 1.82) is 0 Å². The monoisotopic (exact) mass is 456 g/mol. The number of imidazole rings is 1. The molecule has 0 aliphatic rings. The van der Waals surface area contributed by atoms with Gasteiger partial charge in [-0.3, -0.25) is 0 Å². The largest absolute Gasteiger partial charge is 0.491 e. The number of para-hydroxylation sites is 2. The van der Waals surface area contributed by atoms with Crippen LogP contribution in [0.5, 0.6) is 11.5 Å². The Morgan fingerprint density at radius 3 is 2.35 bits per heavy atom. The van der Waals surface area contributed by atoms with Crippen molar-refractivity contribution in [3.63, 3.8) is 0 Å². The summed E-state index contributed by atoms with van der Waals surface area (Å²) in [7, 11) is 0. The number of benzene rings is 3. The lowest BCUT2D eigenvalue weighted by molar-refractivity contribution is 0.271. The average Bonchev–Trinajstić information content (AvgIpc) is 3.15. The molecule has 0 saturated heterocycles. The maximum atomic E-state index is 6.27. The fourth-order valence-corrected chi connectivity index (χ4v) is 4.17. The molecule has 178 valence electrons. The molecular weight excluding hydrogens is 420 g/mol. The van der Waals surface area contributed by atoms with Crippen molar-refractivity contribution in [2.24, 2.45) is 0 Å². The Kier molecular flexibility index (Phi) is 6.97. The summed E-state index contributed by atoms with van der Waals surface area (Å²) in [6.45, 7) is 14.8. The van der Waals surface area contributed by atoms with Crippen molar-refractivity contribution in [1.82, 2.24) is 9.55 Å². The smallest absolute Gasteiger partial charge is 0.148 e. The maximum absolute atomic E-state index is 6.27. The molecule has 0 aliphatic heterocycles. The Hall–Kier alpha value is -3.27. The minimum atomic E-state index is 0.124. The first-order valence-electron chi connectivity index (χ1n) is 12.1. The highest BCUT2D eigenvalue weighted by Gasteiger charge is 2.15. The molecule has 0 N–H and O–H groups in total. The van der Waals surface area contributed by atoms with E-state index in [0.29, 0.717) is 25.7 Å². The van der Waals surface area contributed by atoms with Gasteiger partial charge in [0.2, 0.25) is 0 Å². The van der Waals surface area contributed by atoms with Crippen molar-refractivity contribution in [3.8, 4) is 11.5 Å². The second kappa shape index (κ2) is 9.92. The van der Waals surface area contributed by atoms with E-state index in [1.807, 2.05) is 24.3 Å². The molecule has 4 heteroatoms. The molecule has 0 bridgehead atoms. The minimum Gasteiger partial charge on any atom is -0.491 e. The highest BCUT2D eigenvalue weighted by molar-refractivity contribution is 5.75. The fraction of sp³-hybridized carbons (Fsp3) is 0.367. The van der Waals surface area contributed by atoms with Crippen LogP contribution < -0.4 is 9.47 Å². The molecule has 4 aromatic rings. The van der Waals surface area contributed by atoms with Gasteiger partial charge in [-0.15, -0.1) is 0 Å². The van der Waals surface area contributed by atoms with Crippen LogP contribution in [0, 0.1) is 6.92 Å². The Bertz CT molecular complexity index is 1250. The summed E-state index contributed by atoms with van der Waals surface area (Å²) in [5, 5.41) is 0. The van der Waals surface area contributed by atoms with E-state index in [9.17, 15) is 0 Å². The number of hydrogen-bond donors (Lipinski definition) is 0. The Morgan fingerprint density at radius 1 is 0.912 bits per heavy atom. The predicted molar refractivity (Wildman–Crippen MR) is 140 cm³/mol. The average molecular weight is 457 g/mol. The lowest BCUT2D eigenvalue weighted by Crippen LogP contribution is -2.14. The molecule has 34 heavy (non-hydrogen) atoms. The molecular formula is C30H36N2O2. The first kappa shape index (κ1) is 23.9. The molecule has 4 nitrogen and oxygen atoms in total. The zero-order valence-corrected chi connectivity index (χ0v) is 21.3. The first-order chi connectivity index (χ1) is 16.2. The van der Waals surface area contributed by atoms with Crippen LogP contribution in [0.1, 0.15) is 63.1 Å². The SMILES string of the molecule is Cc1ccc(C(C)C)c(OCCn2c(COc3ccc(C(C)(C)C)cc3)nc3ccccc32)c1. The number of rotatable bonds is 8. The van der Waals surface area contributed by atoms with Crippen LogP contribution in [0.4, 0.5) is 0 Å². The van der Waals surface area contributed by atoms with E-state index in [1.54, 1.807) is 0 Å². The molecule has 1 heterocycles. The van der Waals surface area contributed by atoms with Crippen LogP contribution in [0.3, 0.4) is 0 Å². The standard InChI is InChI=1S/C30H36N2O2/c1-21(2)25-16-11-22(3)19-28(25)33-18-17-32-27-10-8-7-9-26(27)31-29(32)20-34-24-14-12-23(13-15-24)30(4,5)6/h7-16,19,21H,17-18,20H2,1-6H3. The normalized spacial score (nSPS) is 11.9. The number of hydrogen-bond acceptors (Lipinski definition) is 3. The van der Waals surface area contributed by atoms with Crippen molar-refractivity contribution in [3.05, 3.63) is 89.2 Å². The van der Waals surface area contributed by atoms with Crippen LogP contribution in [-0.2, 0) is 18.6 Å². The lowest BCUT2D eigenvalue weighted by atomic mass is 9.87. The second-order valence-electron chi connectivity index (χ2n) is 10.3. The van der Waals surface area contributed by atoms with Crippen molar-refractivity contribution in [2.45, 2.75) is 66.0 Å². The lowest BCUT2D eigenvalue weighted by Gasteiger charge is -2.19. The Balaban J connectivity index is 1.50. The van der Waals surface area contributed by atoms with Crippen LogP contribution in [-0.4, -0.2) is 16.2 Å². The first-order valence-corrected chi connectivity index (χ1v) is 12.1. The van der Waals surface area contributed by atoms with Gasteiger partial charge < -0.3 is 14.0 Å². The highest BCUT2D eigenvalue weighted by Crippen LogP contribution is 2.28. The summed E-state index contributed by atoms with van der Waals surface area (Å²) in [5.41, 5.74) is 5.94. The summed E-state index contributed by atoms with van der Waals surface area (Å²) in [5.74, 6) is 3.14. The van der Waals surface area contributed by atoms with Gasteiger partial charge in [-0.2, -0.15) is 0 Å². The van der Waals surface area contributed by atoms with E-state index < -0.39 is 0 Å². The van der Waals surface area contributed by atoms with Crippen molar-refractivity contribution >= 4 is 11.0 Å². The van der Waals surface area contributed by atoms with Crippen LogP contribution in [0.15, 0.2) is 66.7 Å². The molecule has 0 aliphatic carbocycles. The number of fused-ring (bicyclic) bond motifs is 1. The van der Waals surface area contributed by atoms with Crippen molar-refractivity contribution in [2.75, 3.05) is 6.61 Å². The van der Waals surface area contributed by atoms with Gasteiger partial charge >= 0.3 is 0 Å². The number of ether oxygens (including phenoxy) is 2. The molecule has 4 rings (SSSR count). The third kappa shape index (κ3) is 5.44. The molecule has 0 radical (unpaired) electrons. The summed E-state index contributed by atoms with van der Waals surface area (Å²) >= 11 is 0. The van der Waals surface area contributed by atoms with Gasteiger partial charge in [-0.1, -0.05) is 71.0 Å². The second-order valence-corrected chi connectivity index (χ2v) is 10.3. The molecule has 0 fully saturated rings. The summed E-state index contributed by atoms with van der Waals surface area (Å²) < 4.78 is 14.6. The molecule has 0 unspecified atom stereocenters. The van der Waals surface area contributed by atoms with Gasteiger partial charge in [0.05, 0.1) is 17.6 Å². The predicted octanol–water partition coefficient (Wildman–Crippen LogP) is 7.42. The topological polar surface area (TPSA) is 36.3 Å². The summed E-state index contributed by atoms with van der Waals surface area (Å²) in [6.07, 6.45) is 0. The van der Waals surface area contributed by atoms with E-state index in [4.69, 9.17) is 14.5 Å².